The summed E-state index contributed by atoms with van der Waals surface area (Å²) in [6, 6.07) is 31.1. The van der Waals surface area contributed by atoms with E-state index in [1.165, 1.54) is 27.6 Å². The lowest BCUT2D eigenvalue weighted by Gasteiger charge is -2.34. The van der Waals surface area contributed by atoms with Crippen LogP contribution in [0.5, 0.6) is 0 Å². The summed E-state index contributed by atoms with van der Waals surface area (Å²) in [6.45, 7) is 34.5. The molecule has 0 aliphatic carbocycles. The smallest absolute Gasteiger partial charge is 0.388 e. The van der Waals surface area contributed by atoms with E-state index in [4.69, 9.17) is 12.9 Å². The molecular formula is C46H62O3P2. The van der Waals surface area contributed by atoms with Crippen molar-refractivity contribution in [3.05, 3.63) is 113 Å². The number of hydrogen-bond donors (Lipinski definition) is 0. The van der Waals surface area contributed by atoms with Crippen molar-refractivity contribution in [1.82, 2.24) is 0 Å². The standard InChI is InChI=1S/C46H62O3P2/c1-42(2,3)32-26-35-36-27-33(43(4,5)6)29-38(45(10,11)12)41(36)49-51(48-40(35)37(28-32)44(7,8)9)47-39(31-22-18-16-19-23-31)30-50(46(13,14)15)34-24-20-17-21-25-34/h16-29,39H,30H2,1-15H3/t39-,50?/m1/s1. The highest BCUT2D eigenvalue weighted by Crippen LogP contribution is 2.53. The highest BCUT2D eigenvalue weighted by Gasteiger charge is 2.33. The van der Waals surface area contributed by atoms with Gasteiger partial charge < -0.3 is 8.39 Å². The van der Waals surface area contributed by atoms with Gasteiger partial charge in [-0.3, -0.25) is 4.52 Å². The predicted molar refractivity (Wildman–Crippen MR) is 225 cm³/mol. The van der Waals surface area contributed by atoms with E-state index in [-0.39, 0.29) is 32.9 Å². The molecule has 1 heterocycles. The van der Waals surface area contributed by atoms with Gasteiger partial charge in [0.15, 0.2) is 0 Å². The van der Waals surface area contributed by atoms with E-state index in [1.807, 2.05) is 0 Å². The van der Waals surface area contributed by atoms with Crippen LogP contribution in [0.1, 0.15) is 138 Å². The zero-order valence-electron chi connectivity index (χ0n) is 34.0. The quantitative estimate of drug-likeness (QED) is 0.164. The van der Waals surface area contributed by atoms with Crippen molar-refractivity contribution in [1.29, 1.82) is 0 Å². The lowest BCUT2D eigenvalue weighted by molar-refractivity contribution is 0.288. The molecule has 0 N–H and O–H groups in total. The van der Waals surface area contributed by atoms with Gasteiger partial charge >= 0.3 is 8.24 Å². The van der Waals surface area contributed by atoms with Gasteiger partial charge in [0.2, 0.25) is 0 Å². The SMILES string of the molecule is CC(C)(C)c1cc(C(C)(C)C)c2op(O[C@H](CP(c3ccccc3)C(C)(C)C)c3ccccc3)oc3c(C(C)(C)C)cc(C(C)(C)C)cc3c2c1. The van der Waals surface area contributed by atoms with Crippen LogP contribution in [0.15, 0.2) is 93.3 Å². The molecule has 5 aromatic rings. The van der Waals surface area contributed by atoms with Crippen LogP contribution in [0.2, 0.25) is 0 Å². The van der Waals surface area contributed by atoms with Gasteiger partial charge in [-0.25, -0.2) is 0 Å². The fourth-order valence-electron chi connectivity index (χ4n) is 6.56. The first kappa shape index (κ1) is 39.4. The summed E-state index contributed by atoms with van der Waals surface area (Å²) in [5.74, 6) is 0. The van der Waals surface area contributed by atoms with Crippen molar-refractivity contribution in [2.24, 2.45) is 0 Å². The van der Waals surface area contributed by atoms with Crippen molar-refractivity contribution >= 4 is 43.4 Å². The molecule has 4 aromatic carbocycles. The second-order valence-corrected chi connectivity index (χ2v) is 23.4. The maximum Gasteiger partial charge on any atom is 0.388 e. The van der Waals surface area contributed by atoms with E-state index in [9.17, 15) is 0 Å². The third kappa shape index (κ3) is 9.04. The summed E-state index contributed by atoms with van der Waals surface area (Å²) in [6.07, 6.45) is 0.620. The lowest BCUT2D eigenvalue weighted by Crippen LogP contribution is -2.25. The largest absolute Gasteiger partial charge is 0.399 e. The van der Waals surface area contributed by atoms with E-state index in [0.717, 1.165) is 33.7 Å². The Balaban J connectivity index is 1.90. The average Bonchev–Trinajstić information content (AvgIpc) is 3.16. The van der Waals surface area contributed by atoms with E-state index in [0.29, 0.717) is 0 Å². The van der Waals surface area contributed by atoms with Crippen molar-refractivity contribution in [3.63, 3.8) is 0 Å². The summed E-state index contributed by atoms with van der Waals surface area (Å²) in [4.78, 5) is 0. The summed E-state index contributed by atoms with van der Waals surface area (Å²) >= 11 is 0. The highest BCUT2D eigenvalue weighted by molar-refractivity contribution is 7.67. The molecule has 0 spiro atoms. The van der Waals surface area contributed by atoms with Gasteiger partial charge in [0.05, 0.1) is 0 Å². The van der Waals surface area contributed by atoms with Crippen LogP contribution < -0.4 is 9.83 Å². The van der Waals surface area contributed by atoms with Crippen molar-refractivity contribution in [2.45, 2.75) is 137 Å². The third-order valence-electron chi connectivity index (χ3n) is 9.76. The van der Waals surface area contributed by atoms with Crippen LogP contribution in [0.3, 0.4) is 0 Å². The summed E-state index contributed by atoms with van der Waals surface area (Å²) in [5, 5.41) is 3.62. The van der Waals surface area contributed by atoms with Gasteiger partial charge in [-0.15, -0.1) is 0 Å². The van der Waals surface area contributed by atoms with Gasteiger partial charge in [0.1, 0.15) is 17.3 Å². The minimum Gasteiger partial charge on any atom is -0.399 e. The number of benzene rings is 4. The van der Waals surface area contributed by atoms with Crippen molar-refractivity contribution in [2.75, 3.05) is 6.16 Å². The topological polar surface area (TPSA) is 35.5 Å². The van der Waals surface area contributed by atoms with Crippen LogP contribution in [0.4, 0.5) is 0 Å². The van der Waals surface area contributed by atoms with Crippen LogP contribution in [-0.2, 0) is 21.7 Å². The molecule has 0 aliphatic rings. The first-order chi connectivity index (χ1) is 23.4. The zero-order valence-corrected chi connectivity index (χ0v) is 35.8. The van der Waals surface area contributed by atoms with E-state index in [1.54, 1.807) is 0 Å². The molecule has 3 nitrogen and oxygen atoms in total. The first-order valence-corrected chi connectivity index (χ1v) is 21.2. The highest BCUT2D eigenvalue weighted by atomic mass is 31.1. The fraction of sp³-hybridized carbons (Fsp3) is 0.478. The molecule has 2 atom stereocenters. The molecular weight excluding hydrogens is 662 g/mol. The molecule has 5 rings (SSSR count). The molecule has 0 amide bonds. The fourth-order valence-corrected chi connectivity index (χ4v) is 10.6. The molecule has 0 radical (unpaired) electrons. The number of rotatable bonds is 6. The Morgan fingerprint density at radius 2 is 0.961 bits per heavy atom. The van der Waals surface area contributed by atoms with E-state index >= 15 is 0 Å². The van der Waals surface area contributed by atoms with Gasteiger partial charge in [0, 0.05) is 28.1 Å². The lowest BCUT2D eigenvalue weighted by atomic mass is 9.77. The number of fused-ring (bicyclic) bond motifs is 3. The molecule has 1 aromatic heterocycles. The maximum absolute atomic E-state index is 7.29. The Kier molecular flexibility index (Phi) is 11.0. The molecule has 0 saturated heterocycles. The monoisotopic (exact) mass is 724 g/mol. The number of hydrogen-bond acceptors (Lipinski definition) is 3. The maximum atomic E-state index is 7.29. The van der Waals surface area contributed by atoms with Gasteiger partial charge in [0.25, 0.3) is 0 Å². The molecule has 0 bridgehead atoms. The Hall–Kier alpha value is -2.83. The van der Waals surface area contributed by atoms with Gasteiger partial charge in [-0.1, -0.05) is 185 Å². The minimum atomic E-state index is -1.86. The zero-order chi connectivity index (χ0) is 37.7. The van der Waals surface area contributed by atoms with E-state index in [2.05, 4.69) is 189 Å². The second kappa shape index (κ2) is 14.2. The molecule has 0 saturated carbocycles. The van der Waals surface area contributed by atoms with Crippen LogP contribution in [0, 0.1) is 0 Å². The molecule has 5 heteroatoms. The molecule has 274 valence electrons. The summed E-state index contributed by atoms with van der Waals surface area (Å²) in [5.41, 5.74) is 7.33. The van der Waals surface area contributed by atoms with Crippen molar-refractivity contribution < 1.29 is 12.9 Å². The molecule has 0 aliphatic heterocycles. The normalized spacial score (nSPS) is 14.6. The third-order valence-corrected chi connectivity index (χ3v) is 14.1. The Bertz CT molecular complexity index is 1910. The van der Waals surface area contributed by atoms with Crippen LogP contribution >= 0.6 is 16.2 Å². The predicted octanol–water partition coefficient (Wildman–Crippen LogP) is 14.3. The average molecular weight is 725 g/mol. The molecule has 0 fully saturated rings. The Labute approximate surface area is 311 Å². The Morgan fingerprint density at radius 3 is 1.33 bits per heavy atom. The summed E-state index contributed by atoms with van der Waals surface area (Å²) in [7, 11) is -2.47. The first-order valence-electron chi connectivity index (χ1n) is 18.5. The van der Waals surface area contributed by atoms with Gasteiger partial charge in [-0.2, -0.15) is 0 Å². The van der Waals surface area contributed by atoms with Crippen molar-refractivity contribution in [3.8, 4) is 0 Å². The van der Waals surface area contributed by atoms with Gasteiger partial charge in [-0.05, 0) is 60.9 Å². The molecule has 51 heavy (non-hydrogen) atoms. The summed E-state index contributed by atoms with van der Waals surface area (Å²) < 4.78 is 21.7. The minimum absolute atomic E-state index is 0.0575. The Morgan fingerprint density at radius 1 is 0.549 bits per heavy atom. The molecule has 1 unspecified atom stereocenters. The van der Waals surface area contributed by atoms with Crippen LogP contribution in [-0.4, -0.2) is 11.3 Å². The van der Waals surface area contributed by atoms with E-state index < -0.39 is 16.2 Å². The van der Waals surface area contributed by atoms with Crippen LogP contribution in [0.25, 0.3) is 21.9 Å². The second-order valence-electron chi connectivity index (χ2n) is 19.3.